The molecule has 3 nitrogen and oxygen atoms in total. The van der Waals surface area contributed by atoms with Crippen molar-refractivity contribution in [3.63, 3.8) is 0 Å². The average Bonchev–Trinajstić information content (AvgIpc) is 3.00. The molecule has 0 saturated heterocycles. The Hall–Kier alpha value is -1.64. The van der Waals surface area contributed by atoms with Crippen molar-refractivity contribution in [3.8, 4) is 11.4 Å². The third kappa shape index (κ3) is 2.09. The summed E-state index contributed by atoms with van der Waals surface area (Å²) in [5, 5.41) is 7.42. The summed E-state index contributed by atoms with van der Waals surface area (Å²) in [4.78, 5) is 4.63. The van der Waals surface area contributed by atoms with Gasteiger partial charge in [0, 0.05) is 11.5 Å². The van der Waals surface area contributed by atoms with Crippen LogP contribution in [0.2, 0.25) is 0 Å². The Morgan fingerprint density at radius 2 is 1.82 bits per heavy atom. The summed E-state index contributed by atoms with van der Waals surface area (Å²) in [6, 6.07) is 8.36. The van der Waals surface area contributed by atoms with E-state index in [1.165, 1.54) is 31.2 Å². The topological polar surface area (TPSA) is 41.6 Å². The second kappa shape index (κ2) is 4.32. The minimum Gasteiger partial charge on any atom is -0.262 e. The molecule has 1 saturated carbocycles. The highest BCUT2D eigenvalue weighted by atomic mass is 15.2. The third-order valence-corrected chi connectivity index (χ3v) is 3.55. The fourth-order valence-electron chi connectivity index (χ4n) is 2.49. The first-order valence-corrected chi connectivity index (χ1v) is 6.32. The zero-order valence-corrected chi connectivity index (χ0v) is 10.1. The highest BCUT2D eigenvalue weighted by Crippen LogP contribution is 2.32. The number of rotatable bonds is 2. The molecule has 3 heteroatoms. The molecule has 0 aliphatic heterocycles. The Bertz CT molecular complexity index is 492. The molecule has 0 spiro atoms. The van der Waals surface area contributed by atoms with Crippen LogP contribution in [0, 0.1) is 6.92 Å². The van der Waals surface area contributed by atoms with Gasteiger partial charge in [0.05, 0.1) is 0 Å². The van der Waals surface area contributed by atoms with Gasteiger partial charge in [-0.05, 0) is 19.8 Å². The lowest BCUT2D eigenvalue weighted by Gasteiger charge is -2.01. The molecule has 1 fully saturated rings. The summed E-state index contributed by atoms with van der Waals surface area (Å²) >= 11 is 0. The Morgan fingerprint density at radius 1 is 1.12 bits per heavy atom. The summed E-state index contributed by atoms with van der Waals surface area (Å²) in [7, 11) is 0. The number of nitrogens with one attached hydrogen (secondary N) is 1. The van der Waals surface area contributed by atoms with Crippen LogP contribution in [-0.2, 0) is 0 Å². The van der Waals surface area contributed by atoms with Crippen LogP contribution in [0.25, 0.3) is 11.4 Å². The van der Waals surface area contributed by atoms with E-state index in [0.29, 0.717) is 5.92 Å². The van der Waals surface area contributed by atoms with Gasteiger partial charge in [-0.1, -0.05) is 42.7 Å². The summed E-state index contributed by atoms with van der Waals surface area (Å²) in [6.07, 6.45) is 5.15. The van der Waals surface area contributed by atoms with E-state index in [2.05, 4.69) is 46.4 Å². The van der Waals surface area contributed by atoms with Crippen LogP contribution in [0.4, 0.5) is 0 Å². The van der Waals surface area contributed by atoms with Gasteiger partial charge in [0.25, 0.3) is 0 Å². The lowest BCUT2D eigenvalue weighted by molar-refractivity contribution is 0.672. The van der Waals surface area contributed by atoms with Crippen LogP contribution in [0.5, 0.6) is 0 Å². The van der Waals surface area contributed by atoms with Crippen LogP contribution in [0.1, 0.15) is 43.0 Å². The second-order valence-corrected chi connectivity index (χ2v) is 4.89. The average molecular weight is 227 g/mol. The highest BCUT2D eigenvalue weighted by Gasteiger charge is 2.20. The van der Waals surface area contributed by atoms with Gasteiger partial charge in [0.15, 0.2) is 5.82 Å². The number of aryl methyl sites for hydroxylation is 1. The van der Waals surface area contributed by atoms with Crippen molar-refractivity contribution in [2.75, 3.05) is 0 Å². The minimum absolute atomic E-state index is 0.599. The van der Waals surface area contributed by atoms with Gasteiger partial charge in [-0.25, -0.2) is 4.98 Å². The molecule has 0 bridgehead atoms. The van der Waals surface area contributed by atoms with Gasteiger partial charge < -0.3 is 0 Å². The molecule has 0 amide bonds. The van der Waals surface area contributed by atoms with E-state index in [0.717, 1.165) is 17.2 Å². The number of benzene rings is 1. The van der Waals surface area contributed by atoms with E-state index in [-0.39, 0.29) is 0 Å². The van der Waals surface area contributed by atoms with Crippen LogP contribution in [-0.4, -0.2) is 15.2 Å². The zero-order chi connectivity index (χ0) is 11.7. The van der Waals surface area contributed by atoms with Crippen LogP contribution < -0.4 is 0 Å². The number of hydrogen-bond acceptors (Lipinski definition) is 2. The molecular formula is C14H17N3. The molecule has 0 radical (unpaired) electrons. The fourth-order valence-corrected chi connectivity index (χ4v) is 2.49. The first kappa shape index (κ1) is 10.5. The number of hydrogen-bond donors (Lipinski definition) is 1. The van der Waals surface area contributed by atoms with Gasteiger partial charge >= 0.3 is 0 Å². The van der Waals surface area contributed by atoms with Crippen molar-refractivity contribution in [3.05, 3.63) is 35.7 Å². The molecule has 88 valence electrons. The lowest BCUT2D eigenvalue weighted by Crippen LogP contribution is -1.94. The van der Waals surface area contributed by atoms with Crippen LogP contribution >= 0.6 is 0 Å². The number of H-pyrrole nitrogens is 1. The highest BCUT2D eigenvalue weighted by molar-refractivity contribution is 5.54. The summed E-state index contributed by atoms with van der Waals surface area (Å²) < 4.78 is 0. The SMILES string of the molecule is Cc1ccc(-c2n[nH]c(C3CCCC3)n2)cc1. The predicted octanol–water partition coefficient (Wildman–Crippen LogP) is 3.44. The maximum Gasteiger partial charge on any atom is 0.181 e. The zero-order valence-electron chi connectivity index (χ0n) is 10.1. The molecular weight excluding hydrogens is 210 g/mol. The number of aromatic nitrogens is 3. The van der Waals surface area contributed by atoms with Crippen molar-refractivity contribution in [2.45, 2.75) is 38.5 Å². The van der Waals surface area contributed by atoms with Crippen molar-refractivity contribution < 1.29 is 0 Å². The monoisotopic (exact) mass is 227 g/mol. The maximum atomic E-state index is 4.63. The molecule has 1 heterocycles. The number of nitrogens with zero attached hydrogens (tertiary/aromatic N) is 2. The van der Waals surface area contributed by atoms with Gasteiger partial charge in [-0.15, -0.1) is 0 Å². The van der Waals surface area contributed by atoms with Crippen LogP contribution in [0.15, 0.2) is 24.3 Å². The molecule has 1 aliphatic rings. The first-order chi connectivity index (χ1) is 8.33. The summed E-state index contributed by atoms with van der Waals surface area (Å²) in [5.41, 5.74) is 2.36. The summed E-state index contributed by atoms with van der Waals surface area (Å²) in [6.45, 7) is 2.09. The van der Waals surface area contributed by atoms with Crippen molar-refractivity contribution in [2.24, 2.45) is 0 Å². The van der Waals surface area contributed by atoms with E-state index >= 15 is 0 Å². The maximum absolute atomic E-state index is 4.63. The van der Waals surface area contributed by atoms with Crippen LogP contribution in [0.3, 0.4) is 0 Å². The molecule has 0 unspecified atom stereocenters. The molecule has 1 aliphatic carbocycles. The quantitative estimate of drug-likeness (QED) is 0.853. The molecule has 2 aromatic rings. The molecule has 1 aromatic carbocycles. The Labute approximate surface area is 101 Å². The van der Waals surface area contributed by atoms with Crippen molar-refractivity contribution in [1.29, 1.82) is 0 Å². The van der Waals surface area contributed by atoms with E-state index in [1.54, 1.807) is 0 Å². The molecule has 17 heavy (non-hydrogen) atoms. The smallest absolute Gasteiger partial charge is 0.181 e. The largest absolute Gasteiger partial charge is 0.262 e. The lowest BCUT2D eigenvalue weighted by atomic mass is 10.1. The number of aromatic amines is 1. The minimum atomic E-state index is 0.599. The molecule has 1 aromatic heterocycles. The van der Waals surface area contributed by atoms with Gasteiger partial charge in [0.1, 0.15) is 5.82 Å². The van der Waals surface area contributed by atoms with E-state index < -0.39 is 0 Å². The van der Waals surface area contributed by atoms with Gasteiger partial charge in [-0.3, -0.25) is 5.10 Å². The van der Waals surface area contributed by atoms with Crippen molar-refractivity contribution >= 4 is 0 Å². The van der Waals surface area contributed by atoms with Gasteiger partial charge in [-0.2, -0.15) is 5.10 Å². The second-order valence-electron chi connectivity index (χ2n) is 4.89. The first-order valence-electron chi connectivity index (χ1n) is 6.32. The molecule has 1 N–H and O–H groups in total. The van der Waals surface area contributed by atoms with Crippen molar-refractivity contribution in [1.82, 2.24) is 15.2 Å². The van der Waals surface area contributed by atoms with E-state index in [4.69, 9.17) is 0 Å². The van der Waals surface area contributed by atoms with Gasteiger partial charge in [0.2, 0.25) is 0 Å². The Kier molecular flexibility index (Phi) is 2.67. The molecule has 3 rings (SSSR count). The fraction of sp³-hybridized carbons (Fsp3) is 0.429. The standard InChI is InChI=1S/C14H17N3/c1-10-6-8-12(9-7-10)14-15-13(16-17-14)11-4-2-3-5-11/h6-9,11H,2-5H2,1H3,(H,15,16,17). The predicted molar refractivity (Wildman–Crippen MR) is 67.8 cm³/mol. The Morgan fingerprint density at radius 3 is 2.53 bits per heavy atom. The van der Waals surface area contributed by atoms with E-state index in [9.17, 15) is 0 Å². The van der Waals surface area contributed by atoms with E-state index in [1.807, 2.05) is 0 Å². The Balaban J connectivity index is 1.86. The normalized spacial score (nSPS) is 16.5. The molecule has 0 atom stereocenters. The summed E-state index contributed by atoms with van der Waals surface area (Å²) in [5.74, 6) is 2.49. The third-order valence-electron chi connectivity index (χ3n) is 3.55.